The molecule has 0 amide bonds. The highest BCUT2D eigenvalue weighted by Gasteiger charge is 2.20. The van der Waals surface area contributed by atoms with Gasteiger partial charge in [0.05, 0.1) is 11.0 Å². The van der Waals surface area contributed by atoms with Gasteiger partial charge in [0.1, 0.15) is 0 Å². The molecule has 1 heterocycles. The maximum Gasteiger partial charge on any atom is 0.0619 e. The fourth-order valence-corrected chi connectivity index (χ4v) is 5.39. The van der Waals surface area contributed by atoms with Crippen LogP contribution in [-0.2, 0) is 6.42 Å². The molecule has 0 radical (unpaired) electrons. The molecule has 0 bridgehead atoms. The van der Waals surface area contributed by atoms with Crippen LogP contribution in [0.5, 0.6) is 0 Å². The second kappa shape index (κ2) is 6.70. The van der Waals surface area contributed by atoms with Crippen molar-refractivity contribution in [3.8, 4) is 27.9 Å². The molecule has 1 nitrogen and oxygen atoms in total. The van der Waals surface area contributed by atoms with E-state index in [1.807, 2.05) is 0 Å². The van der Waals surface area contributed by atoms with E-state index in [9.17, 15) is 0 Å². The quantitative estimate of drug-likeness (QED) is 0.273. The molecule has 5 aromatic carbocycles. The predicted octanol–water partition coefficient (Wildman–Crippen LogP) is 8.02. The first kappa shape index (κ1) is 17.6. The van der Waals surface area contributed by atoms with E-state index in [0.29, 0.717) is 0 Å². The van der Waals surface area contributed by atoms with Gasteiger partial charge < -0.3 is 4.57 Å². The van der Waals surface area contributed by atoms with Crippen LogP contribution in [0.3, 0.4) is 0 Å². The number of fused-ring (bicyclic) bond motifs is 6. The average Bonchev–Trinajstić information content (AvgIpc) is 3.40. The second-order valence-electron chi connectivity index (χ2n) is 8.60. The molecule has 6 aromatic rings. The molecule has 0 aliphatic heterocycles. The molecular weight excluding hydrogens is 386 g/mol. The van der Waals surface area contributed by atoms with Crippen LogP contribution in [-0.4, -0.2) is 4.57 Å². The van der Waals surface area contributed by atoms with Crippen molar-refractivity contribution in [2.24, 2.45) is 0 Å². The summed E-state index contributed by atoms with van der Waals surface area (Å²) in [5, 5.41) is 2.59. The number of rotatable bonds is 2. The molecule has 1 aliphatic carbocycles. The summed E-state index contributed by atoms with van der Waals surface area (Å²) in [5.74, 6) is 0. The Balaban J connectivity index is 1.56. The van der Waals surface area contributed by atoms with E-state index >= 15 is 0 Å². The van der Waals surface area contributed by atoms with Crippen molar-refractivity contribution in [1.29, 1.82) is 0 Å². The molecule has 0 unspecified atom stereocenters. The van der Waals surface area contributed by atoms with Crippen LogP contribution in [0.15, 0.2) is 115 Å². The summed E-state index contributed by atoms with van der Waals surface area (Å²) < 4.78 is 2.42. The van der Waals surface area contributed by atoms with E-state index in [4.69, 9.17) is 0 Å². The van der Waals surface area contributed by atoms with Gasteiger partial charge in [-0.15, -0.1) is 0 Å². The lowest BCUT2D eigenvalue weighted by Gasteiger charge is -2.13. The van der Waals surface area contributed by atoms with Crippen molar-refractivity contribution in [3.63, 3.8) is 0 Å². The smallest absolute Gasteiger partial charge is 0.0619 e. The van der Waals surface area contributed by atoms with E-state index in [1.54, 1.807) is 0 Å². The Kier molecular flexibility index (Phi) is 3.68. The van der Waals surface area contributed by atoms with Crippen molar-refractivity contribution in [3.05, 3.63) is 126 Å². The highest BCUT2D eigenvalue weighted by atomic mass is 15.0. The largest absolute Gasteiger partial charge is 0.309 e. The standard InChI is InChI=1S/C31H21N/c1-2-10-24(11-3-1)32-30-16-7-6-13-27(30)28-15-8-14-26(31(28)32)23-18-17-22-19-21-9-4-5-12-25(21)29(22)20-23/h1-18,20H,19H2. The Hall–Kier alpha value is -4.10. The summed E-state index contributed by atoms with van der Waals surface area (Å²) in [6.45, 7) is 0. The van der Waals surface area contributed by atoms with Gasteiger partial charge in [-0.25, -0.2) is 0 Å². The zero-order chi connectivity index (χ0) is 21.1. The molecular formula is C31H21N. The van der Waals surface area contributed by atoms with Gasteiger partial charge in [0, 0.05) is 22.0 Å². The summed E-state index contributed by atoms with van der Waals surface area (Å²) in [5.41, 5.74) is 11.8. The molecule has 0 fully saturated rings. The number of aromatic nitrogens is 1. The summed E-state index contributed by atoms with van der Waals surface area (Å²) >= 11 is 0. The summed E-state index contributed by atoms with van der Waals surface area (Å²) in [4.78, 5) is 0. The molecule has 32 heavy (non-hydrogen) atoms. The topological polar surface area (TPSA) is 4.93 Å². The minimum absolute atomic E-state index is 1.03. The Morgan fingerprint density at radius 1 is 0.500 bits per heavy atom. The highest BCUT2D eigenvalue weighted by molar-refractivity contribution is 6.13. The van der Waals surface area contributed by atoms with Crippen LogP contribution in [0.1, 0.15) is 11.1 Å². The van der Waals surface area contributed by atoms with Crippen LogP contribution in [0.4, 0.5) is 0 Å². The number of hydrogen-bond donors (Lipinski definition) is 0. The maximum atomic E-state index is 2.42. The van der Waals surface area contributed by atoms with Crippen LogP contribution >= 0.6 is 0 Å². The summed E-state index contributed by atoms with van der Waals surface area (Å²) in [6.07, 6.45) is 1.03. The van der Waals surface area contributed by atoms with Crippen LogP contribution < -0.4 is 0 Å². The molecule has 0 atom stereocenters. The van der Waals surface area contributed by atoms with Gasteiger partial charge >= 0.3 is 0 Å². The third kappa shape index (κ3) is 2.45. The van der Waals surface area contributed by atoms with Crippen molar-refractivity contribution in [2.45, 2.75) is 6.42 Å². The number of hydrogen-bond acceptors (Lipinski definition) is 0. The van der Waals surface area contributed by atoms with E-state index in [-0.39, 0.29) is 0 Å². The lowest BCUT2D eigenvalue weighted by Crippen LogP contribution is -1.95. The van der Waals surface area contributed by atoms with Gasteiger partial charge in [-0.1, -0.05) is 91.0 Å². The monoisotopic (exact) mass is 407 g/mol. The van der Waals surface area contributed by atoms with Gasteiger partial charge in [-0.3, -0.25) is 0 Å². The summed E-state index contributed by atoms with van der Waals surface area (Å²) in [7, 11) is 0. The van der Waals surface area contributed by atoms with Crippen LogP contribution in [0, 0.1) is 0 Å². The van der Waals surface area contributed by atoms with Gasteiger partial charge in [0.2, 0.25) is 0 Å². The first-order valence-electron chi connectivity index (χ1n) is 11.2. The van der Waals surface area contributed by atoms with Crippen molar-refractivity contribution < 1.29 is 0 Å². The molecule has 7 rings (SSSR count). The first-order chi connectivity index (χ1) is 15.9. The van der Waals surface area contributed by atoms with Crippen molar-refractivity contribution in [1.82, 2.24) is 4.57 Å². The van der Waals surface area contributed by atoms with Crippen LogP contribution in [0.25, 0.3) is 49.7 Å². The lowest BCUT2D eigenvalue weighted by atomic mass is 9.97. The molecule has 150 valence electrons. The van der Waals surface area contributed by atoms with Gasteiger partial charge in [0.15, 0.2) is 0 Å². The Morgan fingerprint density at radius 2 is 1.22 bits per heavy atom. The van der Waals surface area contributed by atoms with Crippen molar-refractivity contribution >= 4 is 21.8 Å². The van der Waals surface area contributed by atoms with Crippen molar-refractivity contribution in [2.75, 3.05) is 0 Å². The molecule has 0 saturated carbocycles. The fraction of sp³-hybridized carbons (Fsp3) is 0.0323. The third-order valence-electron chi connectivity index (χ3n) is 6.82. The minimum Gasteiger partial charge on any atom is -0.309 e. The van der Waals surface area contributed by atoms with E-state index in [0.717, 1.165) is 6.42 Å². The number of benzene rings is 5. The van der Waals surface area contributed by atoms with Gasteiger partial charge in [-0.05, 0) is 58.5 Å². The Morgan fingerprint density at radius 3 is 2.16 bits per heavy atom. The fourth-order valence-electron chi connectivity index (χ4n) is 5.39. The zero-order valence-electron chi connectivity index (χ0n) is 17.6. The molecule has 0 spiro atoms. The average molecular weight is 408 g/mol. The molecule has 1 aromatic heterocycles. The van der Waals surface area contributed by atoms with Crippen LogP contribution in [0.2, 0.25) is 0 Å². The van der Waals surface area contributed by atoms with E-state index in [2.05, 4.69) is 120 Å². The lowest BCUT2D eigenvalue weighted by molar-refractivity contribution is 1.18. The SMILES string of the molecule is c1ccc(-n2c3ccccc3c3cccc(-c4ccc5c(c4)-c4ccccc4C5)c32)cc1. The predicted molar refractivity (Wildman–Crippen MR) is 134 cm³/mol. The molecule has 1 heteroatoms. The Bertz CT molecular complexity index is 1640. The molecule has 0 saturated heterocycles. The molecule has 0 N–H and O–H groups in total. The summed E-state index contributed by atoms with van der Waals surface area (Å²) in [6, 6.07) is 42.0. The third-order valence-corrected chi connectivity index (χ3v) is 6.82. The molecule has 1 aliphatic rings. The van der Waals surface area contributed by atoms with E-state index < -0.39 is 0 Å². The van der Waals surface area contributed by atoms with Gasteiger partial charge in [0.25, 0.3) is 0 Å². The second-order valence-corrected chi connectivity index (χ2v) is 8.60. The number of para-hydroxylation sites is 3. The van der Waals surface area contributed by atoms with E-state index in [1.165, 1.54) is 60.9 Å². The Labute approximate surface area is 187 Å². The normalized spacial score (nSPS) is 12.2. The van der Waals surface area contributed by atoms with Gasteiger partial charge in [-0.2, -0.15) is 0 Å². The first-order valence-corrected chi connectivity index (χ1v) is 11.2. The highest BCUT2D eigenvalue weighted by Crippen LogP contribution is 2.42. The minimum atomic E-state index is 1.03. The number of nitrogens with zero attached hydrogens (tertiary/aromatic N) is 1. The zero-order valence-corrected chi connectivity index (χ0v) is 17.6. The maximum absolute atomic E-state index is 2.42.